The van der Waals surface area contributed by atoms with Crippen LogP contribution in [0.15, 0.2) is 11.6 Å². The van der Waals surface area contributed by atoms with Crippen molar-refractivity contribution in [2.45, 2.75) is 19.4 Å². The minimum atomic E-state index is -0.936. The Kier molecular flexibility index (Phi) is 2.47. The monoisotopic (exact) mass is 169 g/mol. The van der Waals surface area contributed by atoms with Crippen molar-refractivity contribution in [3.05, 3.63) is 11.6 Å². The smallest absolute Gasteiger partial charge is 0.326 e. The van der Waals surface area contributed by atoms with Crippen molar-refractivity contribution < 1.29 is 14.7 Å². The second-order valence-electron chi connectivity index (χ2n) is 2.91. The summed E-state index contributed by atoms with van der Waals surface area (Å²) in [6.07, 6.45) is 2.89. The molecule has 1 rings (SSSR count). The molecule has 0 aromatic rings. The molecule has 0 aromatic heterocycles. The number of nitrogens with zero attached hydrogens (tertiary/aromatic N) is 1. The van der Waals surface area contributed by atoms with Crippen LogP contribution < -0.4 is 0 Å². The number of rotatable bonds is 2. The summed E-state index contributed by atoms with van der Waals surface area (Å²) in [5.41, 5.74) is 1.03. The van der Waals surface area contributed by atoms with E-state index in [4.69, 9.17) is 5.11 Å². The molecule has 1 aliphatic heterocycles. The quantitative estimate of drug-likeness (QED) is 0.476. The van der Waals surface area contributed by atoms with E-state index >= 15 is 0 Å². The summed E-state index contributed by atoms with van der Waals surface area (Å²) >= 11 is 0. The second-order valence-corrected chi connectivity index (χ2v) is 2.91. The molecule has 1 heterocycles. The van der Waals surface area contributed by atoms with Gasteiger partial charge in [-0.3, -0.25) is 4.79 Å². The van der Waals surface area contributed by atoms with Crippen LogP contribution in [0, 0.1) is 0 Å². The van der Waals surface area contributed by atoms with Gasteiger partial charge in [0, 0.05) is 6.54 Å². The van der Waals surface area contributed by atoms with Crippen molar-refractivity contribution >= 4 is 12.4 Å². The fourth-order valence-electron chi connectivity index (χ4n) is 1.24. The van der Waals surface area contributed by atoms with Crippen LogP contribution in [0.4, 0.5) is 0 Å². The van der Waals surface area contributed by atoms with E-state index in [0.29, 0.717) is 19.4 Å². The first-order valence-corrected chi connectivity index (χ1v) is 3.74. The first-order chi connectivity index (χ1) is 5.65. The summed E-state index contributed by atoms with van der Waals surface area (Å²) < 4.78 is 0. The highest BCUT2D eigenvalue weighted by Crippen LogP contribution is 2.15. The summed E-state index contributed by atoms with van der Waals surface area (Å²) in [6.45, 7) is 2.28. The molecule has 4 heteroatoms. The van der Waals surface area contributed by atoms with Crippen LogP contribution in [0.5, 0.6) is 0 Å². The van der Waals surface area contributed by atoms with Crippen LogP contribution in [0.25, 0.3) is 0 Å². The number of carbonyl (C=O) groups is 2. The highest BCUT2D eigenvalue weighted by atomic mass is 16.4. The van der Waals surface area contributed by atoms with Gasteiger partial charge in [0.25, 0.3) is 0 Å². The SMILES string of the molecule is CC1=CCN(C=O)C(C(=O)O)C1. The summed E-state index contributed by atoms with van der Waals surface area (Å²) in [6, 6.07) is -0.674. The molecule has 0 aromatic carbocycles. The Balaban J connectivity index is 2.76. The van der Waals surface area contributed by atoms with Crippen molar-refractivity contribution in [1.82, 2.24) is 4.90 Å². The van der Waals surface area contributed by atoms with E-state index in [0.717, 1.165) is 5.57 Å². The van der Waals surface area contributed by atoms with Crippen LogP contribution in [-0.2, 0) is 9.59 Å². The molecule has 1 atom stereocenters. The van der Waals surface area contributed by atoms with Gasteiger partial charge >= 0.3 is 5.97 Å². The van der Waals surface area contributed by atoms with Gasteiger partial charge in [-0.2, -0.15) is 0 Å². The minimum Gasteiger partial charge on any atom is -0.480 e. The molecule has 0 fully saturated rings. The maximum atomic E-state index is 10.6. The Morgan fingerprint density at radius 3 is 3.00 bits per heavy atom. The van der Waals surface area contributed by atoms with Gasteiger partial charge in [0.15, 0.2) is 0 Å². The van der Waals surface area contributed by atoms with Crippen LogP contribution in [0.2, 0.25) is 0 Å². The maximum absolute atomic E-state index is 10.6. The Morgan fingerprint density at radius 2 is 2.50 bits per heavy atom. The van der Waals surface area contributed by atoms with Crippen molar-refractivity contribution in [1.29, 1.82) is 0 Å². The van der Waals surface area contributed by atoms with E-state index in [2.05, 4.69) is 0 Å². The predicted molar refractivity (Wildman–Crippen MR) is 42.6 cm³/mol. The topological polar surface area (TPSA) is 57.6 Å². The highest BCUT2D eigenvalue weighted by Gasteiger charge is 2.26. The minimum absolute atomic E-state index is 0.409. The van der Waals surface area contributed by atoms with E-state index in [1.807, 2.05) is 13.0 Å². The van der Waals surface area contributed by atoms with Gasteiger partial charge in [0.05, 0.1) is 0 Å². The predicted octanol–water partition coefficient (Wildman–Crippen LogP) is 0.248. The zero-order valence-corrected chi connectivity index (χ0v) is 6.86. The summed E-state index contributed by atoms with van der Waals surface area (Å²) in [7, 11) is 0. The van der Waals surface area contributed by atoms with E-state index in [-0.39, 0.29) is 0 Å². The molecule has 0 saturated heterocycles. The number of carboxylic acid groups (broad SMARTS) is 1. The van der Waals surface area contributed by atoms with Gasteiger partial charge in [-0.15, -0.1) is 0 Å². The largest absolute Gasteiger partial charge is 0.480 e. The molecule has 0 radical (unpaired) electrons. The standard InChI is InChI=1S/C8H11NO3/c1-6-2-3-9(5-10)7(4-6)8(11)12/h2,5,7H,3-4H2,1H3,(H,11,12). The summed E-state index contributed by atoms with van der Waals surface area (Å²) in [4.78, 5) is 22.3. The van der Waals surface area contributed by atoms with Crippen LogP contribution in [0.3, 0.4) is 0 Å². The lowest BCUT2D eigenvalue weighted by molar-refractivity contribution is -0.146. The number of hydrogen-bond donors (Lipinski definition) is 1. The van der Waals surface area contributed by atoms with Crippen LogP contribution in [0.1, 0.15) is 13.3 Å². The molecule has 0 saturated carbocycles. The fraction of sp³-hybridized carbons (Fsp3) is 0.500. The van der Waals surface area contributed by atoms with Crippen molar-refractivity contribution in [3.63, 3.8) is 0 Å². The second kappa shape index (κ2) is 3.38. The molecule has 12 heavy (non-hydrogen) atoms. The van der Waals surface area contributed by atoms with E-state index in [1.165, 1.54) is 4.90 Å². The molecule has 1 aliphatic rings. The molecule has 0 spiro atoms. The third-order valence-corrected chi connectivity index (χ3v) is 1.99. The van der Waals surface area contributed by atoms with Gasteiger partial charge in [0.1, 0.15) is 6.04 Å². The van der Waals surface area contributed by atoms with Crippen LogP contribution >= 0.6 is 0 Å². The molecule has 0 bridgehead atoms. The average Bonchev–Trinajstić information content (AvgIpc) is 2.04. The summed E-state index contributed by atoms with van der Waals surface area (Å²) in [5.74, 6) is -0.936. The normalized spacial score (nSPS) is 23.2. The Labute approximate surface area is 70.5 Å². The number of hydrogen-bond acceptors (Lipinski definition) is 2. The zero-order valence-electron chi connectivity index (χ0n) is 6.86. The molecule has 66 valence electrons. The molecule has 1 N–H and O–H groups in total. The van der Waals surface area contributed by atoms with Gasteiger partial charge in [-0.05, 0) is 13.3 Å². The number of amides is 1. The first-order valence-electron chi connectivity index (χ1n) is 3.74. The van der Waals surface area contributed by atoms with Crippen molar-refractivity contribution in [3.8, 4) is 0 Å². The molecule has 1 amide bonds. The lowest BCUT2D eigenvalue weighted by Gasteiger charge is -2.28. The third-order valence-electron chi connectivity index (χ3n) is 1.99. The molecule has 4 nitrogen and oxygen atoms in total. The van der Waals surface area contributed by atoms with Gasteiger partial charge in [-0.25, -0.2) is 4.79 Å². The molecular weight excluding hydrogens is 158 g/mol. The van der Waals surface area contributed by atoms with Crippen LogP contribution in [-0.4, -0.2) is 35.0 Å². The van der Waals surface area contributed by atoms with Gasteiger partial charge in [-0.1, -0.05) is 11.6 Å². The third kappa shape index (κ3) is 1.64. The molecular formula is C8H11NO3. The van der Waals surface area contributed by atoms with E-state index in [1.54, 1.807) is 0 Å². The number of carboxylic acids is 1. The lowest BCUT2D eigenvalue weighted by atomic mass is 10.0. The van der Waals surface area contributed by atoms with Gasteiger partial charge in [0.2, 0.25) is 6.41 Å². The number of carbonyl (C=O) groups excluding carboxylic acids is 1. The first kappa shape index (κ1) is 8.77. The fourth-order valence-corrected chi connectivity index (χ4v) is 1.24. The summed E-state index contributed by atoms with van der Waals surface area (Å²) in [5, 5.41) is 8.73. The average molecular weight is 169 g/mol. The highest BCUT2D eigenvalue weighted by molar-refractivity contribution is 5.77. The Morgan fingerprint density at radius 1 is 1.83 bits per heavy atom. The van der Waals surface area contributed by atoms with Crippen molar-refractivity contribution in [2.24, 2.45) is 0 Å². The molecule has 1 unspecified atom stereocenters. The van der Waals surface area contributed by atoms with Gasteiger partial charge < -0.3 is 10.0 Å². The van der Waals surface area contributed by atoms with Crippen molar-refractivity contribution in [2.75, 3.05) is 6.54 Å². The Hall–Kier alpha value is -1.32. The maximum Gasteiger partial charge on any atom is 0.326 e. The van der Waals surface area contributed by atoms with E-state index < -0.39 is 12.0 Å². The number of aliphatic carboxylic acids is 1. The zero-order chi connectivity index (χ0) is 9.14. The molecule has 0 aliphatic carbocycles. The lowest BCUT2D eigenvalue weighted by Crippen LogP contribution is -2.42. The van der Waals surface area contributed by atoms with E-state index in [9.17, 15) is 9.59 Å². The Bertz CT molecular complexity index is 234.